The lowest BCUT2D eigenvalue weighted by atomic mass is 9.98. The summed E-state index contributed by atoms with van der Waals surface area (Å²) in [6, 6.07) is 17.6. The molecular weight excluding hydrogens is 263 g/mol. The molecule has 1 aliphatic rings. The number of nitrogens with two attached hydrogens (primary N) is 1. The molecule has 21 heavy (non-hydrogen) atoms. The van der Waals surface area contributed by atoms with E-state index in [2.05, 4.69) is 35.2 Å². The fraction of sp³-hybridized carbons (Fsp3) is 0.333. The summed E-state index contributed by atoms with van der Waals surface area (Å²) < 4.78 is 13.1. The molecule has 1 saturated heterocycles. The Balaban J connectivity index is 1.73. The van der Waals surface area contributed by atoms with Crippen molar-refractivity contribution in [1.29, 1.82) is 0 Å². The Morgan fingerprint density at radius 3 is 2.48 bits per heavy atom. The van der Waals surface area contributed by atoms with Gasteiger partial charge in [0.2, 0.25) is 0 Å². The molecule has 0 amide bonds. The Bertz CT molecular complexity index is 568. The number of hydrogen-bond donors (Lipinski definition) is 1. The number of halogens is 1. The normalized spacial score (nSPS) is 20.6. The van der Waals surface area contributed by atoms with Crippen LogP contribution in [-0.4, -0.2) is 24.5 Å². The van der Waals surface area contributed by atoms with Crippen LogP contribution in [0.5, 0.6) is 0 Å². The second-order valence-corrected chi connectivity index (χ2v) is 5.69. The van der Waals surface area contributed by atoms with Crippen molar-refractivity contribution in [2.75, 3.05) is 19.6 Å². The lowest BCUT2D eigenvalue weighted by molar-refractivity contribution is 0.248. The summed E-state index contributed by atoms with van der Waals surface area (Å²) in [4.78, 5) is 2.42. The van der Waals surface area contributed by atoms with Gasteiger partial charge in [-0.2, -0.15) is 0 Å². The van der Waals surface area contributed by atoms with Gasteiger partial charge in [0.25, 0.3) is 0 Å². The highest BCUT2D eigenvalue weighted by atomic mass is 19.1. The second kappa shape index (κ2) is 6.37. The van der Waals surface area contributed by atoms with Crippen LogP contribution in [0.25, 0.3) is 0 Å². The van der Waals surface area contributed by atoms with Crippen molar-refractivity contribution in [3.8, 4) is 0 Å². The van der Waals surface area contributed by atoms with Crippen LogP contribution in [0, 0.1) is 5.82 Å². The van der Waals surface area contributed by atoms with E-state index in [1.165, 1.54) is 17.7 Å². The van der Waals surface area contributed by atoms with Gasteiger partial charge in [0, 0.05) is 19.1 Å². The summed E-state index contributed by atoms with van der Waals surface area (Å²) >= 11 is 0. The van der Waals surface area contributed by atoms with E-state index >= 15 is 0 Å². The van der Waals surface area contributed by atoms with E-state index in [1.807, 2.05) is 12.1 Å². The zero-order valence-corrected chi connectivity index (χ0v) is 12.1. The largest absolute Gasteiger partial charge is 0.329 e. The second-order valence-electron chi connectivity index (χ2n) is 5.69. The predicted octanol–water partition coefficient (Wildman–Crippen LogP) is 3.32. The molecular formula is C18H21FN2. The van der Waals surface area contributed by atoms with Crippen molar-refractivity contribution < 1.29 is 4.39 Å². The maximum absolute atomic E-state index is 13.1. The summed E-state index contributed by atoms with van der Waals surface area (Å²) in [6.45, 7) is 2.62. The lowest BCUT2D eigenvalue weighted by Gasteiger charge is -2.27. The predicted molar refractivity (Wildman–Crippen MR) is 83.6 cm³/mol. The minimum Gasteiger partial charge on any atom is -0.329 e. The number of nitrogens with zero attached hydrogens (tertiary/aromatic N) is 1. The van der Waals surface area contributed by atoms with E-state index in [0.29, 0.717) is 12.5 Å². The molecule has 2 atom stereocenters. The van der Waals surface area contributed by atoms with Crippen LogP contribution in [-0.2, 0) is 0 Å². The lowest BCUT2D eigenvalue weighted by Crippen LogP contribution is -2.31. The van der Waals surface area contributed by atoms with Crippen LogP contribution >= 0.6 is 0 Å². The Morgan fingerprint density at radius 2 is 1.81 bits per heavy atom. The van der Waals surface area contributed by atoms with Crippen molar-refractivity contribution >= 4 is 0 Å². The van der Waals surface area contributed by atoms with Crippen LogP contribution in [0.3, 0.4) is 0 Å². The topological polar surface area (TPSA) is 29.3 Å². The van der Waals surface area contributed by atoms with E-state index in [9.17, 15) is 4.39 Å². The molecule has 1 aliphatic heterocycles. The summed E-state index contributed by atoms with van der Waals surface area (Å²) in [6.07, 6.45) is 1.15. The third kappa shape index (κ3) is 3.14. The van der Waals surface area contributed by atoms with Gasteiger partial charge >= 0.3 is 0 Å². The number of rotatable bonds is 4. The highest BCUT2D eigenvalue weighted by Crippen LogP contribution is 2.32. The molecule has 3 heteroatoms. The summed E-state index contributed by atoms with van der Waals surface area (Å²) in [5.41, 5.74) is 8.47. The molecule has 1 fully saturated rings. The van der Waals surface area contributed by atoms with E-state index in [0.717, 1.165) is 25.1 Å². The first kappa shape index (κ1) is 14.2. The van der Waals surface area contributed by atoms with E-state index in [-0.39, 0.29) is 11.9 Å². The van der Waals surface area contributed by atoms with Crippen molar-refractivity contribution in [3.05, 3.63) is 71.5 Å². The fourth-order valence-corrected chi connectivity index (χ4v) is 3.25. The third-order valence-electron chi connectivity index (χ3n) is 4.41. The van der Waals surface area contributed by atoms with Gasteiger partial charge in [0.15, 0.2) is 0 Å². The fourth-order valence-electron chi connectivity index (χ4n) is 3.25. The van der Waals surface area contributed by atoms with E-state index < -0.39 is 0 Å². The molecule has 2 aromatic carbocycles. The molecule has 0 radical (unpaired) electrons. The Kier molecular flexibility index (Phi) is 4.32. The van der Waals surface area contributed by atoms with E-state index in [4.69, 9.17) is 5.73 Å². The molecule has 0 spiro atoms. The van der Waals surface area contributed by atoms with Gasteiger partial charge in [-0.05, 0) is 42.1 Å². The van der Waals surface area contributed by atoms with Gasteiger partial charge in [0.05, 0.1) is 0 Å². The minimum absolute atomic E-state index is 0.180. The zero-order valence-electron chi connectivity index (χ0n) is 12.1. The van der Waals surface area contributed by atoms with Crippen molar-refractivity contribution in [2.24, 2.45) is 5.73 Å². The smallest absolute Gasteiger partial charge is 0.123 e. The Morgan fingerprint density at radius 1 is 1.10 bits per heavy atom. The van der Waals surface area contributed by atoms with Crippen LogP contribution in [0.4, 0.5) is 4.39 Å². The molecule has 2 N–H and O–H groups in total. The maximum Gasteiger partial charge on any atom is 0.123 e. The number of benzene rings is 2. The Labute approximate surface area is 125 Å². The highest BCUT2D eigenvalue weighted by molar-refractivity contribution is 5.24. The van der Waals surface area contributed by atoms with Gasteiger partial charge < -0.3 is 5.73 Å². The number of likely N-dealkylation sites (tertiary alicyclic amines) is 1. The standard InChI is InChI=1S/C18H21FN2/c19-17-8-6-15(7-9-17)18(12-20)21-11-10-16(13-21)14-4-2-1-3-5-14/h1-9,16,18H,10-13,20H2. The van der Waals surface area contributed by atoms with Crippen LogP contribution in [0.1, 0.15) is 29.5 Å². The van der Waals surface area contributed by atoms with Crippen LogP contribution in [0.15, 0.2) is 54.6 Å². The minimum atomic E-state index is -0.196. The van der Waals surface area contributed by atoms with Crippen LogP contribution < -0.4 is 5.73 Å². The monoisotopic (exact) mass is 284 g/mol. The van der Waals surface area contributed by atoms with Crippen molar-refractivity contribution in [1.82, 2.24) is 4.90 Å². The molecule has 2 unspecified atom stereocenters. The average Bonchev–Trinajstić information content (AvgIpc) is 3.00. The molecule has 3 rings (SSSR count). The summed E-state index contributed by atoms with van der Waals surface area (Å²) in [5.74, 6) is 0.374. The van der Waals surface area contributed by atoms with Gasteiger partial charge in [-0.25, -0.2) is 4.39 Å². The number of hydrogen-bond acceptors (Lipinski definition) is 2. The molecule has 0 saturated carbocycles. The molecule has 1 heterocycles. The Hall–Kier alpha value is -1.71. The quantitative estimate of drug-likeness (QED) is 0.933. The van der Waals surface area contributed by atoms with Crippen molar-refractivity contribution in [2.45, 2.75) is 18.4 Å². The van der Waals surface area contributed by atoms with E-state index in [1.54, 1.807) is 0 Å². The average molecular weight is 284 g/mol. The molecule has 0 bridgehead atoms. The van der Waals surface area contributed by atoms with Crippen molar-refractivity contribution in [3.63, 3.8) is 0 Å². The van der Waals surface area contributed by atoms with Gasteiger partial charge in [0.1, 0.15) is 5.82 Å². The van der Waals surface area contributed by atoms with Gasteiger partial charge in [-0.3, -0.25) is 4.90 Å². The molecule has 2 nitrogen and oxygen atoms in total. The first-order valence-electron chi connectivity index (χ1n) is 7.52. The molecule has 0 aromatic heterocycles. The molecule has 110 valence electrons. The summed E-state index contributed by atoms with van der Waals surface area (Å²) in [7, 11) is 0. The van der Waals surface area contributed by atoms with Crippen LogP contribution in [0.2, 0.25) is 0 Å². The molecule has 0 aliphatic carbocycles. The SMILES string of the molecule is NCC(c1ccc(F)cc1)N1CCC(c2ccccc2)C1. The maximum atomic E-state index is 13.1. The third-order valence-corrected chi connectivity index (χ3v) is 4.41. The summed E-state index contributed by atoms with van der Waals surface area (Å²) in [5, 5.41) is 0. The first-order chi connectivity index (χ1) is 10.3. The first-order valence-corrected chi connectivity index (χ1v) is 7.52. The van der Waals surface area contributed by atoms with Gasteiger partial charge in [-0.1, -0.05) is 42.5 Å². The molecule has 2 aromatic rings. The zero-order chi connectivity index (χ0) is 14.7. The highest BCUT2D eigenvalue weighted by Gasteiger charge is 2.29. The van der Waals surface area contributed by atoms with Gasteiger partial charge in [-0.15, -0.1) is 0 Å².